The van der Waals surface area contributed by atoms with Crippen LogP contribution in [-0.4, -0.2) is 69.7 Å². The quantitative estimate of drug-likeness (QED) is 0.0425. The second-order valence-corrected chi connectivity index (χ2v) is 21.9. The predicted octanol–water partition coefficient (Wildman–Crippen LogP) is 15.4. The molecule has 0 spiro atoms. The lowest BCUT2D eigenvalue weighted by molar-refractivity contribution is 0.0616. The van der Waals surface area contributed by atoms with E-state index >= 15 is 0 Å². The normalized spacial score (nSPS) is 16.5. The van der Waals surface area contributed by atoms with Crippen LogP contribution >= 0.6 is 0 Å². The fraction of sp³-hybridized carbons (Fsp3) is 0.569. The molecule has 2 fully saturated rings. The van der Waals surface area contributed by atoms with E-state index in [9.17, 15) is 5.11 Å². The van der Waals surface area contributed by atoms with Crippen molar-refractivity contribution in [2.24, 2.45) is 0 Å². The van der Waals surface area contributed by atoms with Crippen LogP contribution in [0.25, 0.3) is 22.3 Å². The third-order valence-corrected chi connectivity index (χ3v) is 17.4. The van der Waals surface area contributed by atoms with E-state index in [-0.39, 0.29) is 19.3 Å². The summed E-state index contributed by atoms with van der Waals surface area (Å²) in [6.07, 6.45) is 8.35. The summed E-state index contributed by atoms with van der Waals surface area (Å²) >= 11 is 0. The second-order valence-electron chi connectivity index (χ2n) is 21.9. The summed E-state index contributed by atoms with van der Waals surface area (Å²) in [7, 11) is 0. The highest BCUT2D eigenvalue weighted by Gasteiger charge is 2.27. The summed E-state index contributed by atoms with van der Waals surface area (Å²) in [5.74, 6) is 2.67. The van der Waals surface area contributed by atoms with Gasteiger partial charge in [0.25, 0.3) is 0 Å². The molecule has 0 saturated carbocycles. The summed E-state index contributed by atoms with van der Waals surface area (Å²) in [4.78, 5) is 0. The van der Waals surface area contributed by atoms with E-state index in [2.05, 4.69) is 138 Å². The standard InChI is InChI=1S/C65H92O7/c1-35-37(3)59(38(4)36(2)58(35)27-25-23-21-22-24-26-28-67-31-56-32-68-56)39(5)40(6)60-43(9)49(15)63(50(16)44(60)10)70-29-55(66)30-71-64-51(17)45(11)61(46(12)52(64)18)41(7)42(8)62-47(13)53(19)65(54(20)48(62)14)72-34-57-33-69-57/h55-57,66H,21-34H2,1-20H3/b40-39?,42-41-. The van der Waals surface area contributed by atoms with Gasteiger partial charge in [0.15, 0.2) is 0 Å². The molecule has 2 aliphatic rings. The SMILES string of the molecule is CC(=C(C)c1c(C)c(C)c(OCC(O)COc2c(C)c(C)c(/C(C)=C(/C)c3c(C)c(C)c(OCC4CO4)c(C)c3C)c(C)c2C)c(C)c1C)c1c(C)c(C)c(CCCCCCCCOCC2CO2)c(C)c1C. The molecule has 72 heavy (non-hydrogen) atoms. The molecule has 7 heteroatoms. The third-order valence-electron chi connectivity index (χ3n) is 17.4. The fourth-order valence-corrected chi connectivity index (χ4v) is 11.6. The van der Waals surface area contributed by atoms with Crippen molar-refractivity contribution in [1.82, 2.24) is 0 Å². The number of benzene rings is 4. The van der Waals surface area contributed by atoms with E-state index in [0.29, 0.717) is 12.7 Å². The summed E-state index contributed by atoms with van der Waals surface area (Å²) in [6, 6.07) is 0. The minimum atomic E-state index is -0.819. The van der Waals surface area contributed by atoms with Gasteiger partial charge in [-0.05, 0) is 297 Å². The number of ether oxygens (including phenoxy) is 6. The fourth-order valence-electron chi connectivity index (χ4n) is 11.6. The van der Waals surface area contributed by atoms with E-state index in [4.69, 9.17) is 28.4 Å². The molecule has 0 aliphatic carbocycles. The number of rotatable bonds is 24. The number of hydrogen-bond acceptors (Lipinski definition) is 7. The molecule has 4 aromatic carbocycles. The summed E-state index contributed by atoms with van der Waals surface area (Å²) in [5, 5.41) is 11.4. The Labute approximate surface area is 436 Å². The van der Waals surface area contributed by atoms with Crippen LogP contribution in [0.1, 0.15) is 183 Å². The molecular formula is C65H92O7. The molecule has 2 saturated heterocycles. The van der Waals surface area contributed by atoms with Crippen molar-refractivity contribution in [3.8, 4) is 17.2 Å². The van der Waals surface area contributed by atoms with Crippen molar-refractivity contribution < 1.29 is 33.5 Å². The van der Waals surface area contributed by atoms with Crippen molar-refractivity contribution in [3.05, 3.63) is 117 Å². The molecule has 6 rings (SSSR count). The first kappa shape index (κ1) is 56.9. The van der Waals surface area contributed by atoms with Crippen LogP contribution in [0.3, 0.4) is 0 Å². The van der Waals surface area contributed by atoms with Gasteiger partial charge in [-0.25, -0.2) is 0 Å². The molecule has 7 nitrogen and oxygen atoms in total. The number of allylic oxidation sites excluding steroid dienone is 4. The van der Waals surface area contributed by atoms with Gasteiger partial charge in [0.05, 0.1) is 19.8 Å². The van der Waals surface area contributed by atoms with Gasteiger partial charge in [0.1, 0.15) is 55.4 Å². The van der Waals surface area contributed by atoms with Gasteiger partial charge in [-0.1, -0.05) is 25.7 Å². The average Bonchev–Trinajstić information content (AvgIpc) is 4.30. The molecular weight excluding hydrogens is 893 g/mol. The Hall–Kier alpha value is -4.40. The zero-order chi connectivity index (χ0) is 53.0. The largest absolute Gasteiger partial charge is 0.490 e. The van der Waals surface area contributed by atoms with Crippen LogP contribution in [0, 0.1) is 111 Å². The Bertz CT molecular complexity index is 2600. The molecule has 2 heterocycles. The maximum Gasteiger partial charge on any atom is 0.125 e. The topological polar surface area (TPSA) is 82.2 Å². The van der Waals surface area contributed by atoms with Crippen molar-refractivity contribution in [1.29, 1.82) is 0 Å². The molecule has 3 unspecified atom stereocenters. The van der Waals surface area contributed by atoms with Gasteiger partial charge < -0.3 is 33.5 Å². The van der Waals surface area contributed by atoms with Crippen LogP contribution in [0.4, 0.5) is 0 Å². The van der Waals surface area contributed by atoms with Crippen LogP contribution in [-0.2, 0) is 20.6 Å². The van der Waals surface area contributed by atoms with E-state index in [1.54, 1.807) is 0 Å². The molecule has 0 bridgehead atoms. The van der Waals surface area contributed by atoms with E-state index in [1.165, 1.54) is 149 Å². The monoisotopic (exact) mass is 985 g/mol. The van der Waals surface area contributed by atoms with Crippen LogP contribution in [0.15, 0.2) is 0 Å². The summed E-state index contributed by atoms with van der Waals surface area (Å²) < 4.78 is 35.7. The Morgan fingerprint density at radius 3 is 1.04 bits per heavy atom. The first-order valence-electron chi connectivity index (χ1n) is 27.2. The van der Waals surface area contributed by atoms with Crippen molar-refractivity contribution in [3.63, 3.8) is 0 Å². The molecule has 0 aromatic heterocycles. The zero-order valence-corrected chi connectivity index (χ0v) is 48.5. The highest BCUT2D eigenvalue weighted by Crippen LogP contribution is 2.44. The van der Waals surface area contributed by atoms with Crippen molar-refractivity contribution >= 4 is 22.3 Å². The maximum atomic E-state index is 11.4. The van der Waals surface area contributed by atoms with Gasteiger partial charge in [0, 0.05) is 6.61 Å². The lowest BCUT2D eigenvalue weighted by Gasteiger charge is -2.26. The van der Waals surface area contributed by atoms with Crippen LogP contribution in [0.5, 0.6) is 17.2 Å². The molecule has 0 radical (unpaired) electrons. The maximum absolute atomic E-state index is 11.4. The smallest absolute Gasteiger partial charge is 0.125 e. The molecule has 3 atom stereocenters. The zero-order valence-electron chi connectivity index (χ0n) is 48.5. The second kappa shape index (κ2) is 24.3. The molecule has 394 valence electrons. The third kappa shape index (κ3) is 12.2. The first-order chi connectivity index (χ1) is 34.0. The van der Waals surface area contributed by atoms with Crippen LogP contribution < -0.4 is 14.2 Å². The van der Waals surface area contributed by atoms with E-state index in [0.717, 1.165) is 78.8 Å². The lowest BCUT2D eigenvalue weighted by atomic mass is 9.81. The number of hydrogen-bond donors (Lipinski definition) is 1. The summed E-state index contributed by atoms with van der Waals surface area (Å²) in [5.41, 5.74) is 31.7. The van der Waals surface area contributed by atoms with Crippen molar-refractivity contribution in [2.75, 3.05) is 46.2 Å². The molecule has 0 amide bonds. The van der Waals surface area contributed by atoms with Crippen LogP contribution in [0.2, 0.25) is 0 Å². The highest BCUT2D eigenvalue weighted by molar-refractivity contribution is 5.95. The average molecular weight is 985 g/mol. The Kier molecular flexibility index (Phi) is 19.2. The Morgan fingerprint density at radius 1 is 0.403 bits per heavy atom. The molecule has 1 N–H and O–H groups in total. The Morgan fingerprint density at radius 2 is 0.694 bits per heavy atom. The number of aliphatic hydroxyl groups is 1. The predicted molar refractivity (Wildman–Crippen MR) is 302 cm³/mol. The summed E-state index contributed by atoms with van der Waals surface area (Å²) in [6.45, 7) is 48.8. The van der Waals surface area contributed by atoms with Gasteiger partial charge in [-0.3, -0.25) is 0 Å². The van der Waals surface area contributed by atoms with Gasteiger partial charge in [-0.2, -0.15) is 0 Å². The van der Waals surface area contributed by atoms with Gasteiger partial charge in [0.2, 0.25) is 0 Å². The number of aliphatic hydroxyl groups excluding tert-OH is 1. The number of epoxide rings is 2. The first-order valence-corrected chi connectivity index (χ1v) is 27.2. The highest BCUT2D eigenvalue weighted by atomic mass is 16.6. The minimum Gasteiger partial charge on any atom is -0.490 e. The minimum absolute atomic E-state index is 0.130. The lowest BCUT2D eigenvalue weighted by Crippen LogP contribution is -2.26. The molecule has 2 aliphatic heterocycles. The van der Waals surface area contributed by atoms with E-state index < -0.39 is 6.10 Å². The number of unbranched alkanes of at least 4 members (excludes halogenated alkanes) is 5. The van der Waals surface area contributed by atoms with Crippen molar-refractivity contribution in [2.45, 2.75) is 202 Å². The molecule has 4 aromatic rings. The van der Waals surface area contributed by atoms with E-state index in [1.807, 2.05) is 0 Å². The van der Waals surface area contributed by atoms with Gasteiger partial charge >= 0.3 is 0 Å². The van der Waals surface area contributed by atoms with Gasteiger partial charge in [-0.15, -0.1) is 0 Å². The Balaban J connectivity index is 1.12.